The third-order valence-corrected chi connectivity index (χ3v) is 5.79. The minimum atomic E-state index is -0.354. The van der Waals surface area contributed by atoms with Gasteiger partial charge in [0.25, 0.3) is 5.91 Å². The summed E-state index contributed by atoms with van der Waals surface area (Å²) in [5.41, 5.74) is 0.394. The predicted molar refractivity (Wildman–Crippen MR) is 90.4 cm³/mol. The molecule has 0 aliphatic carbocycles. The molecule has 3 rings (SSSR count). The van der Waals surface area contributed by atoms with Crippen molar-refractivity contribution in [2.24, 2.45) is 0 Å². The van der Waals surface area contributed by atoms with Gasteiger partial charge in [-0.1, -0.05) is 35.2 Å². The van der Waals surface area contributed by atoms with E-state index in [1.807, 2.05) is 6.26 Å². The molecule has 0 atom stereocenters. The number of amides is 1. The lowest BCUT2D eigenvalue weighted by atomic mass is 10.2. The van der Waals surface area contributed by atoms with Gasteiger partial charge in [-0.15, -0.1) is 21.5 Å². The lowest BCUT2D eigenvalue weighted by molar-refractivity contribution is 0.0954. The van der Waals surface area contributed by atoms with E-state index in [2.05, 4.69) is 20.5 Å². The fourth-order valence-electron chi connectivity index (χ4n) is 1.77. The Morgan fingerprint density at radius 3 is 2.87 bits per heavy atom. The summed E-state index contributed by atoms with van der Waals surface area (Å²) >= 11 is 4.10. The van der Waals surface area contributed by atoms with Crippen molar-refractivity contribution in [3.63, 3.8) is 0 Å². The molecule has 0 unspecified atom stereocenters. The molecule has 0 saturated carbocycles. The Bertz CT molecular complexity index is 833. The molecule has 2 heterocycles. The van der Waals surface area contributed by atoms with Gasteiger partial charge in [0.2, 0.25) is 0 Å². The van der Waals surface area contributed by atoms with Crippen LogP contribution in [0.4, 0.5) is 4.39 Å². The maximum atomic E-state index is 13.7. The Kier molecular flexibility index (Phi) is 4.99. The molecule has 1 amide bonds. The van der Waals surface area contributed by atoms with Crippen LogP contribution in [0.5, 0.6) is 0 Å². The van der Waals surface area contributed by atoms with Gasteiger partial charge in [0.05, 0.1) is 12.7 Å². The molecule has 0 radical (unpaired) electrons. The molecule has 23 heavy (non-hydrogen) atoms. The SMILES string of the molecule is CSc1nnc(CNC(=O)c2cnc(-c3ccccc3F)s2)s1. The lowest BCUT2D eigenvalue weighted by Gasteiger charge is -1.99. The molecule has 3 aromatic rings. The van der Waals surface area contributed by atoms with E-state index < -0.39 is 0 Å². The summed E-state index contributed by atoms with van der Waals surface area (Å²) in [6, 6.07) is 6.36. The smallest absolute Gasteiger partial charge is 0.263 e. The van der Waals surface area contributed by atoms with Crippen LogP contribution < -0.4 is 5.32 Å². The Hall–Kier alpha value is -1.84. The zero-order valence-corrected chi connectivity index (χ0v) is 14.4. The fourth-order valence-corrected chi connectivity index (χ4v) is 3.89. The molecule has 0 aliphatic rings. The number of hydrogen-bond acceptors (Lipinski definition) is 7. The van der Waals surface area contributed by atoms with Gasteiger partial charge in [0.1, 0.15) is 20.7 Å². The summed E-state index contributed by atoms with van der Waals surface area (Å²) < 4.78 is 14.6. The Balaban J connectivity index is 1.68. The fraction of sp³-hybridized carbons (Fsp3) is 0.143. The first-order valence-corrected chi connectivity index (χ1v) is 9.38. The Morgan fingerprint density at radius 2 is 2.13 bits per heavy atom. The normalized spacial score (nSPS) is 10.7. The topological polar surface area (TPSA) is 67.8 Å². The summed E-state index contributed by atoms with van der Waals surface area (Å²) in [5.74, 6) is -0.613. The first kappa shape index (κ1) is 16.0. The number of benzene rings is 1. The molecule has 0 bridgehead atoms. The standard InChI is InChI=1S/C14H11FN4OS3/c1-21-14-19-18-11(23-14)7-16-12(20)10-6-17-13(22-10)8-4-2-3-5-9(8)15/h2-6H,7H2,1H3,(H,16,20). The number of thioether (sulfide) groups is 1. The van der Waals surface area contributed by atoms with Crippen molar-refractivity contribution in [2.45, 2.75) is 10.9 Å². The van der Waals surface area contributed by atoms with Crippen molar-refractivity contribution < 1.29 is 9.18 Å². The second-order valence-electron chi connectivity index (χ2n) is 4.36. The van der Waals surface area contributed by atoms with E-state index in [1.165, 1.54) is 35.4 Å². The van der Waals surface area contributed by atoms with Gasteiger partial charge in [-0.25, -0.2) is 9.37 Å². The van der Waals surface area contributed by atoms with Gasteiger partial charge in [-0.2, -0.15) is 0 Å². The van der Waals surface area contributed by atoms with E-state index in [9.17, 15) is 9.18 Å². The number of rotatable bonds is 5. The molecular weight excluding hydrogens is 355 g/mol. The summed E-state index contributed by atoms with van der Waals surface area (Å²) in [6.07, 6.45) is 3.37. The van der Waals surface area contributed by atoms with Crippen molar-refractivity contribution in [3.05, 3.63) is 46.2 Å². The number of thiazole rings is 1. The highest BCUT2D eigenvalue weighted by Crippen LogP contribution is 2.27. The van der Waals surface area contributed by atoms with Crippen LogP contribution in [0.1, 0.15) is 14.7 Å². The van der Waals surface area contributed by atoms with Gasteiger partial charge in [0.15, 0.2) is 4.34 Å². The van der Waals surface area contributed by atoms with Gasteiger partial charge >= 0.3 is 0 Å². The summed E-state index contributed by atoms with van der Waals surface area (Å²) in [6.45, 7) is 0.310. The molecule has 0 saturated heterocycles. The molecule has 9 heteroatoms. The van der Waals surface area contributed by atoms with Gasteiger partial charge < -0.3 is 5.32 Å². The third-order valence-electron chi connectivity index (χ3n) is 2.86. The second-order valence-corrected chi connectivity index (χ2v) is 7.50. The molecule has 0 spiro atoms. The maximum absolute atomic E-state index is 13.7. The van der Waals surface area contributed by atoms with E-state index in [0.29, 0.717) is 22.0 Å². The monoisotopic (exact) mass is 366 g/mol. The highest BCUT2D eigenvalue weighted by Gasteiger charge is 2.14. The van der Waals surface area contributed by atoms with Crippen LogP contribution in [0.25, 0.3) is 10.6 Å². The highest BCUT2D eigenvalue weighted by molar-refractivity contribution is 8.00. The summed E-state index contributed by atoms with van der Waals surface area (Å²) in [5, 5.41) is 11.9. The molecule has 118 valence electrons. The van der Waals surface area contributed by atoms with E-state index in [1.54, 1.807) is 18.2 Å². The molecule has 0 aliphatic heterocycles. The van der Waals surface area contributed by atoms with Crippen LogP contribution in [-0.2, 0) is 6.54 Å². The number of hydrogen-bond donors (Lipinski definition) is 1. The first-order chi connectivity index (χ1) is 11.2. The molecule has 1 N–H and O–H groups in total. The molecular formula is C14H11FN4OS3. The van der Waals surface area contributed by atoms with E-state index in [4.69, 9.17) is 0 Å². The minimum absolute atomic E-state index is 0.258. The van der Waals surface area contributed by atoms with Crippen molar-refractivity contribution >= 4 is 40.3 Å². The van der Waals surface area contributed by atoms with E-state index >= 15 is 0 Å². The van der Waals surface area contributed by atoms with Crippen LogP contribution in [0.3, 0.4) is 0 Å². The Labute approximate surface area is 144 Å². The van der Waals surface area contributed by atoms with Crippen molar-refractivity contribution in [1.29, 1.82) is 0 Å². The zero-order chi connectivity index (χ0) is 16.2. The maximum Gasteiger partial charge on any atom is 0.263 e. The average molecular weight is 366 g/mol. The van der Waals surface area contributed by atoms with Gasteiger partial charge in [-0.3, -0.25) is 4.79 Å². The Morgan fingerprint density at radius 1 is 1.30 bits per heavy atom. The first-order valence-electron chi connectivity index (χ1n) is 6.52. The zero-order valence-electron chi connectivity index (χ0n) is 11.9. The largest absolute Gasteiger partial charge is 0.345 e. The molecule has 5 nitrogen and oxygen atoms in total. The molecule has 2 aromatic heterocycles. The predicted octanol–water partition coefficient (Wildman–Crippen LogP) is 3.45. The van der Waals surface area contributed by atoms with Crippen molar-refractivity contribution in [3.8, 4) is 10.6 Å². The van der Waals surface area contributed by atoms with Crippen molar-refractivity contribution in [2.75, 3.05) is 6.26 Å². The average Bonchev–Trinajstić information content (AvgIpc) is 3.22. The molecule has 1 aromatic carbocycles. The third kappa shape index (κ3) is 3.74. The number of carbonyl (C=O) groups excluding carboxylic acids is 1. The van der Waals surface area contributed by atoms with Crippen molar-refractivity contribution in [1.82, 2.24) is 20.5 Å². The second kappa shape index (κ2) is 7.16. The lowest BCUT2D eigenvalue weighted by Crippen LogP contribution is -2.21. The van der Waals surface area contributed by atoms with Crippen LogP contribution in [0, 0.1) is 5.82 Å². The molecule has 0 fully saturated rings. The number of nitrogens with one attached hydrogen (secondary N) is 1. The van der Waals surface area contributed by atoms with Gasteiger partial charge in [0, 0.05) is 5.56 Å². The van der Waals surface area contributed by atoms with Gasteiger partial charge in [-0.05, 0) is 18.4 Å². The van der Waals surface area contributed by atoms with Crippen LogP contribution in [0.2, 0.25) is 0 Å². The number of carbonyl (C=O) groups is 1. The minimum Gasteiger partial charge on any atom is -0.345 e. The van der Waals surface area contributed by atoms with Crippen LogP contribution >= 0.6 is 34.4 Å². The number of halogens is 1. The summed E-state index contributed by atoms with van der Waals surface area (Å²) in [7, 11) is 0. The van der Waals surface area contributed by atoms with Crippen LogP contribution in [0.15, 0.2) is 34.8 Å². The van der Waals surface area contributed by atoms with E-state index in [0.717, 1.165) is 20.7 Å². The summed E-state index contributed by atoms with van der Waals surface area (Å²) in [4.78, 5) is 16.7. The quantitative estimate of drug-likeness (QED) is 0.701. The highest BCUT2D eigenvalue weighted by atomic mass is 32.2. The van der Waals surface area contributed by atoms with Crippen LogP contribution in [-0.4, -0.2) is 27.3 Å². The van der Waals surface area contributed by atoms with E-state index in [-0.39, 0.29) is 11.7 Å². The number of aromatic nitrogens is 3. The number of nitrogens with zero attached hydrogens (tertiary/aromatic N) is 3.